The number of nitrogens with zero attached hydrogens (tertiary/aromatic N) is 2. The standard InChI is InChI=1S/C33H30N2/c1-6-34-20-21(2)28-19-30-31-22(15-16-35-30)17-23(32(3,4)5)18-29(31)33(28)26-13-9-7-11-24(26)25-12-8-10-14-27(25)33/h7-20H,2,6H2,1,3-5H3. The van der Waals surface area contributed by atoms with Gasteiger partial charge in [-0.2, -0.15) is 0 Å². The van der Waals surface area contributed by atoms with E-state index in [-0.39, 0.29) is 5.41 Å². The van der Waals surface area contributed by atoms with E-state index in [9.17, 15) is 0 Å². The van der Waals surface area contributed by atoms with E-state index in [4.69, 9.17) is 4.98 Å². The zero-order valence-electron chi connectivity index (χ0n) is 20.9. The zero-order valence-corrected chi connectivity index (χ0v) is 20.9. The predicted octanol–water partition coefficient (Wildman–Crippen LogP) is 7.89. The minimum absolute atomic E-state index is 0.00888. The van der Waals surface area contributed by atoms with Gasteiger partial charge in [-0.3, -0.25) is 9.98 Å². The van der Waals surface area contributed by atoms with Gasteiger partial charge in [0.15, 0.2) is 0 Å². The number of fused-ring (bicyclic) bond motifs is 6. The van der Waals surface area contributed by atoms with Gasteiger partial charge < -0.3 is 0 Å². The van der Waals surface area contributed by atoms with Crippen molar-refractivity contribution in [3.63, 3.8) is 0 Å². The molecule has 35 heavy (non-hydrogen) atoms. The van der Waals surface area contributed by atoms with E-state index in [1.807, 2.05) is 12.4 Å². The van der Waals surface area contributed by atoms with Gasteiger partial charge in [-0.1, -0.05) is 88.0 Å². The van der Waals surface area contributed by atoms with Gasteiger partial charge in [-0.05, 0) is 74.4 Å². The number of hydrogen-bond acceptors (Lipinski definition) is 2. The number of allylic oxidation sites excluding steroid dienone is 2. The molecule has 0 unspecified atom stereocenters. The first-order chi connectivity index (χ1) is 16.9. The normalized spacial score (nSPS) is 15.4. The van der Waals surface area contributed by atoms with Crippen LogP contribution in [0.2, 0.25) is 0 Å². The summed E-state index contributed by atoms with van der Waals surface area (Å²) in [6.45, 7) is 14.2. The number of pyridine rings is 1. The van der Waals surface area contributed by atoms with Crippen molar-refractivity contribution in [2.45, 2.75) is 38.5 Å². The van der Waals surface area contributed by atoms with Gasteiger partial charge in [0.2, 0.25) is 0 Å². The molecule has 0 atom stereocenters. The maximum Gasteiger partial charge on any atom is 0.0727 e. The van der Waals surface area contributed by atoms with E-state index >= 15 is 0 Å². The van der Waals surface area contributed by atoms with Crippen molar-refractivity contribution in [1.82, 2.24) is 4.98 Å². The minimum Gasteiger partial charge on any atom is -0.293 e. The van der Waals surface area contributed by atoms with Crippen LogP contribution in [0.5, 0.6) is 0 Å². The first-order valence-electron chi connectivity index (χ1n) is 12.4. The Hall–Kier alpha value is -3.78. The number of hydrogen-bond donors (Lipinski definition) is 0. The van der Waals surface area contributed by atoms with Crippen molar-refractivity contribution < 1.29 is 0 Å². The second kappa shape index (κ2) is 7.61. The summed E-state index contributed by atoms with van der Waals surface area (Å²) >= 11 is 0. The Balaban J connectivity index is 1.84. The van der Waals surface area contributed by atoms with Crippen LogP contribution in [0.1, 0.15) is 55.6 Å². The summed E-state index contributed by atoms with van der Waals surface area (Å²) in [5.41, 5.74) is 10.4. The number of aromatic nitrogens is 1. The molecule has 0 N–H and O–H groups in total. The van der Waals surface area contributed by atoms with E-state index < -0.39 is 5.41 Å². The van der Waals surface area contributed by atoms with Gasteiger partial charge in [-0.15, -0.1) is 0 Å². The number of benzene rings is 3. The third-order valence-electron chi connectivity index (χ3n) is 7.58. The van der Waals surface area contributed by atoms with Crippen LogP contribution in [0.3, 0.4) is 0 Å². The van der Waals surface area contributed by atoms with Gasteiger partial charge in [0.1, 0.15) is 0 Å². The lowest BCUT2D eigenvalue weighted by Crippen LogP contribution is -2.33. The van der Waals surface area contributed by atoms with Crippen LogP contribution in [-0.2, 0) is 10.8 Å². The summed E-state index contributed by atoms with van der Waals surface area (Å²) < 4.78 is 0. The molecule has 3 aromatic carbocycles. The molecule has 2 nitrogen and oxygen atoms in total. The fourth-order valence-electron chi connectivity index (χ4n) is 5.99. The molecule has 0 bridgehead atoms. The molecule has 2 heteroatoms. The molecule has 2 aliphatic carbocycles. The Morgan fingerprint density at radius 2 is 1.60 bits per heavy atom. The van der Waals surface area contributed by atoms with Gasteiger partial charge in [0.25, 0.3) is 0 Å². The molecule has 6 rings (SSSR count). The summed E-state index contributed by atoms with van der Waals surface area (Å²) in [5, 5.41) is 2.47. The molecule has 0 saturated carbocycles. The molecule has 1 heterocycles. The third kappa shape index (κ3) is 2.96. The van der Waals surface area contributed by atoms with E-state index in [1.54, 1.807) is 0 Å². The van der Waals surface area contributed by atoms with Crippen molar-refractivity contribution >= 4 is 23.1 Å². The van der Waals surface area contributed by atoms with Crippen LogP contribution in [0.25, 0.3) is 28.0 Å². The molecule has 0 aliphatic heterocycles. The van der Waals surface area contributed by atoms with Crippen molar-refractivity contribution in [3.8, 4) is 11.1 Å². The zero-order chi connectivity index (χ0) is 24.4. The lowest BCUT2D eigenvalue weighted by atomic mass is 9.61. The highest BCUT2D eigenvalue weighted by molar-refractivity contribution is 6.05. The highest BCUT2D eigenvalue weighted by Crippen LogP contribution is 2.60. The molecule has 2 aliphatic rings. The Morgan fingerprint density at radius 3 is 2.23 bits per heavy atom. The van der Waals surface area contributed by atoms with Gasteiger partial charge >= 0.3 is 0 Å². The van der Waals surface area contributed by atoms with Crippen molar-refractivity contribution in [2.24, 2.45) is 4.99 Å². The average molecular weight is 455 g/mol. The van der Waals surface area contributed by atoms with Crippen LogP contribution in [0, 0.1) is 0 Å². The van der Waals surface area contributed by atoms with Crippen LogP contribution < -0.4 is 0 Å². The van der Waals surface area contributed by atoms with Crippen LogP contribution in [-0.4, -0.2) is 17.7 Å². The SMILES string of the molecule is C=C(C=NCC)C1=Cc2nccc3cc(C(C)(C)C)cc(c23)C12c1ccccc1-c1ccccc12. The lowest BCUT2D eigenvalue weighted by molar-refractivity contribution is 0.588. The molecule has 4 aromatic rings. The summed E-state index contributed by atoms with van der Waals surface area (Å²) in [5.74, 6) is 0. The van der Waals surface area contributed by atoms with E-state index in [0.29, 0.717) is 0 Å². The topological polar surface area (TPSA) is 25.2 Å². The molecule has 1 spiro atoms. The highest BCUT2D eigenvalue weighted by atomic mass is 14.7. The lowest BCUT2D eigenvalue weighted by Gasteiger charge is -2.40. The largest absolute Gasteiger partial charge is 0.293 e. The first kappa shape index (κ1) is 21.7. The quantitative estimate of drug-likeness (QED) is 0.289. The molecule has 0 amide bonds. The number of aliphatic imine (C=N–C) groups is 1. The maximum atomic E-state index is 4.85. The van der Waals surface area contributed by atoms with Gasteiger partial charge in [0.05, 0.1) is 11.1 Å². The van der Waals surface area contributed by atoms with Crippen LogP contribution in [0.15, 0.2) is 95.6 Å². The molecule has 0 fully saturated rings. The van der Waals surface area contributed by atoms with E-state index in [0.717, 1.165) is 23.4 Å². The highest BCUT2D eigenvalue weighted by Gasteiger charge is 2.50. The molecule has 172 valence electrons. The minimum atomic E-state index is -0.473. The fourth-order valence-corrected chi connectivity index (χ4v) is 5.99. The second-order valence-electron chi connectivity index (χ2n) is 10.6. The monoisotopic (exact) mass is 454 g/mol. The third-order valence-corrected chi connectivity index (χ3v) is 7.58. The van der Waals surface area contributed by atoms with Gasteiger partial charge in [-0.25, -0.2) is 0 Å². The van der Waals surface area contributed by atoms with Gasteiger partial charge in [0, 0.05) is 24.3 Å². The van der Waals surface area contributed by atoms with Crippen LogP contribution in [0.4, 0.5) is 0 Å². The Kier molecular flexibility index (Phi) is 4.73. The summed E-state index contributed by atoms with van der Waals surface area (Å²) in [6.07, 6.45) is 6.13. The van der Waals surface area contributed by atoms with Crippen molar-refractivity contribution in [1.29, 1.82) is 0 Å². The Labute approximate surface area is 207 Å². The molecular formula is C33H30N2. The van der Waals surface area contributed by atoms with E-state index in [1.165, 1.54) is 44.2 Å². The summed E-state index contributed by atoms with van der Waals surface area (Å²) in [6, 6.07) is 24.7. The van der Waals surface area contributed by atoms with Crippen molar-refractivity contribution in [3.05, 3.63) is 119 Å². The fraction of sp³-hybridized carbons (Fsp3) is 0.212. The Bertz CT molecular complexity index is 1530. The maximum absolute atomic E-state index is 4.85. The molecule has 0 saturated heterocycles. The first-order valence-corrected chi connectivity index (χ1v) is 12.4. The average Bonchev–Trinajstić information content (AvgIpc) is 3.15. The smallest absolute Gasteiger partial charge is 0.0727 e. The summed E-state index contributed by atoms with van der Waals surface area (Å²) in [4.78, 5) is 9.44. The number of rotatable bonds is 3. The van der Waals surface area contributed by atoms with Crippen LogP contribution >= 0.6 is 0 Å². The summed E-state index contributed by atoms with van der Waals surface area (Å²) in [7, 11) is 0. The Morgan fingerprint density at radius 1 is 0.943 bits per heavy atom. The molecule has 0 radical (unpaired) electrons. The second-order valence-corrected chi connectivity index (χ2v) is 10.6. The molecule has 1 aromatic heterocycles. The van der Waals surface area contributed by atoms with Crippen molar-refractivity contribution in [2.75, 3.05) is 6.54 Å². The van der Waals surface area contributed by atoms with E-state index in [2.05, 4.69) is 112 Å². The predicted molar refractivity (Wildman–Crippen MR) is 148 cm³/mol. The molecular weight excluding hydrogens is 424 g/mol.